The lowest BCUT2D eigenvalue weighted by atomic mass is 10.1. The van der Waals surface area contributed by atoms with Crippen molar-refractivity contribution in [3.63, 3.8) is 0 Å². The van der Waals surface area contributed by atoms with E-state index in [1.54, 1.807) is 24.4 Å². The lowest BCUT2D eigenvalue weighted by Gasteiger charge is -2.34. The number of morpholine rings is 1. The summed E-state index contributed by atoms with van der Waals surface area (Å²) in [5.41, 5.74) is 8.30. The molecule has 4 N–H and O–H groups in total. The number of fused-ring (bicyclic) bond motifs is 1. The number of carbonyl (C=O) groups excluding carboxylic acids is 2. The van der Waals surface area contributed by atoms with Crippen LogP contribution in [0.4, 0.5) is 11.4 Å². The molecule has 1 aliphatic rings. The normalized spacial score (nSPS) is 16.1. The minimum Gasteiger partial charge on any atom is -0.380 e. The van der Waals surface area contributed by atoms with E-state index >= 15 is 0 Å². The van der Waals surface area contributed by atoms with Crippen LogP contribution in [0.15, 0.2) is 54.7 Å². The fourth-order valence-corrected chi connectivity index (χ4v) is 3.61. The van der Waals surface area contributed by atoms with Crippen LogP contribution in [0.5, 0.6) is 0 Å². The topological polar surface area (TPSA) is 142 Å². The minimum absolute atomic E-state index is 0. The SMILES string of the molecule is Cl.Cl.N#Cc1ccc(NC(=O)[C@H](O)[C@H]2OCCN(c3ccc4cccnc4c3)C2=O)cc1CN. The maximum Gasteiger partial charge on any atom is 0.259 e. The van der Waals surface area contributed by atoms with Crippen LogP contribution >= 0.6 is 24.8 Å². The van der Waals surface area contributed by atoms with Crippen LogP contribution in [0, 0.1) is 11.3 Å². The van der Waals surface area contributed by atoms with Crippen LogP contribution < -0.4 is 16.0 Å². The average Bonchev–Trinajstić information content (AvgIpc) is 2.83. The van der Waals surface area contributed by atoms with Crippen LogP contribution in [0.3, 0.4) is 0 Å². The summed E-state index contributed by atoms with van der Waals surface area (Å²) in [5, 5.41) is 23.1. The molecule has 2 atom stereocenters. The lowest BCUT2D eigenvalue weighted by molar-refractivity contribution is -0.150. The van der Waals surface area contributed by atoms with E-state index in [1.165, 1.54) is 17.0 Å². The molecule has 0 radical (unpaired) electrons. The van der Waals surface area contributed by atoms with E-state index in [0.29, 0.717) is 22.5 Å². The number of aromatic nitrogens is 1. The van der Waals surface area contributed by atoms with Crippen molar-refractivity contribution >= 4 is 58.9 Å². The molecule has 1 aliphatic heterocycles. The Bertz CT molecular complexity index is 1230. The molecule has 9 nitrogen and oxygen atoms in total. The third-order valence-corrected chi connectivity index (χ3v) is 5.29. The van der Waals surface area contributed by atoms with E-state index in [4.69, 9.17) is 15.7 Å². The average molecular weight is 504 g/mol. The molecule has 1 aromatic heterocycles. The van der Waals surface area contributed by atoms with Crippen LogP contribution in [-0.2, 0) is 20.9 Å². The third-order valence-electron chi connectivity index (χ3n) is 5.29. The first-order valence-corrected chi connectivity index (χ1v) is 10.0. The number of anilines is 2. The van der Waals surface area contributed by atoms with Crippen molar-refractivity contribution < 1.29 is 19.4 Å². The van der Waals surface area contributed by atoms with Gasteiger partial charge in [0.1, 0.15) is 0 Å². The fourth-order valence-electron chi connectivity index (χ4n) is 3.61. The molecule has 0 saturated carbocycles. The smallest absolute Gasteiger partial charge is 0.259 e. The zero-order valence-electron chi connectivity index (χ0n) is 17.9. The number of pyridine rings is 1. The summed E-state index contributed by atoms with van der Waals surface area (Å²) in [5.74, 6) is -1.31. The van der Waals surface area contributed by atoms with Crippen LogP contribution in [0.1, 0.15) is 11.1 Å². The first-order chi connectivity index (χ1) is 15.5. The Morgan fingerprint density at radius 3 is 2.82 bits per heavy atom. The Balaban J connectivity index is 0.00000204. The van der Waals surface area contributed by atoms with Crippen LogP contribution in [-0.4, -0.2) is 47.3 Å². The molecule has 1 saturated heterocycles. The number of hydrogen-bond acceptors (Lipinski definition) is 7. The summed E-state index contributed by atoms with van der Waals surface area (Å²) in [6, 6.07) is 15.8. The highest BCUT2D eigenvalue weighted by Gasteiger charge is 2.39. The molecule has 0 bridgehead atoms. The van der Waals surface area contributed by atoms with Gasteiger partial charge in [-0.25, -0.2) is 0 Å². The molecule has 4 rings (SSSR count). The van der Waals surface area contributed by atoms with Gasteiger partial charge in [0, 0.05) is 36.0 Å². The minimum atomic E-state index is -1.72. The molecule has 2 heterocycles. The van der Waals surface area contributed by atoms with E-state index in [9.17, 15) is 14.7 Å². The molecular weight excluding hydrogens is 481 g/mol. The molecule has 0 aliphatic carbocycles. The molecule has 2 aromatic carbocycles. The highest BCUT2D eigenvalue weighted by atomic mass is 35.5. The van der Waals surface area contributed by atoms with Gasteiger partial charge in [0.2, 0.25) is 0 Å². The molecule has 2 amide bonds. The van der Waals surface area contributed by atoms with Crippen molar-refractivity contribution in [3.8, 4) is 6.07 Å². The molecule has 178 valence electrons. The number of carbonyl (C=O) groups is 2. The summed E-state index contributed by atoms with van der Waals surface area (Å²) < 4.78 is 5.45. The Morgan fingerprint density at radius 2 is 2.09 bits per heavy atom. The number of rotatable bonds is 5. The molecule has 0 spiro atoms. The molecule has 1 fully saturated rings. The Hall–Kier alpha value is -3.26. The van der Waals surface area contributed by atoms with Crippen molar-refractivity contribution in [2.24, 2.45) is 5.73 Å². The predicted molar refractivity (Wildman–Crippen MR) is 132 cm³/mol. The van der Waals surface area contributed by atoms with E-state index in [2.05, 4.69) is 10.3 Å². The van der Waals surface area contributed by atoms with Crippen molar-refractivity contribution in [3.05, 3.63) is 65.9 Å². The summed E-state index contributed by atoms with van der Waals surface area (Å²) in [6.07, 6.45) is -1.40. The van der Waals surface area contributed by atoms with E-state index in [0.717, 1.165) is 10.9 Å². The quantitative estimate of drug-likeness (QED) is 0.483. The van der Waals surface area contributed by atoms with Gasteiger partial charge in [-0.05, 0) is 42.0 Å². The molecule has 34 heavy (non-hydrogen) atoms. The summed E-state index contributed by atoms with van der Waals surface area (Å²) in [4.78, 5) is 31.4. The Labute approximate surface area is 208 Å². The maximum atomic E-state index is 13.0. The predicted octanol–water partition coefficient (Wildman–Crippen LogP) is 2.14. The number of hydrogen-bond donors (Lipinski definition) is 3. The van der Waals surface area contributed by atoms with Gasteiger partial charge in [-0.1, -0.05) is 12.1 Å². The second-order valence-electron chi connectivity index (χ2n) is 7.28. The first-order valence-electron chi connectivity index (χ1n) is 10.0. The highest BCUT2D eigenvalue weighted by molar-refractivity contribution is 6.04. The monoisotopic (exact) mass is 503 g/mol. The number of amides is 2. The number of nitrogens with zero attached hydrogens (tertiary/aromatic N) is 3. The molecule has 0 unspecified atom stereocenters. The number of aliphatic hydroxyl groups excluding tert-OH is 1. The zero-order chi connectivity index (χ0) is 22.7. The third kappa shape index (κ3) is 5.44. The number of ether oxygens (including phenoxy) is 1. The van der Waals surface area contributed by atoms with E-state index in [-0.39, 0.29) is 44.5 Å². The Morgan fingerprint density at radius 1 is 1.29 bits per heavy atom. The standard InChI is InChI=1S/C23H21N5O4.2ClH/c24-12-15-3-5-17(10-16(15)13-25)27-22(30)20(29)21-23(31)28(8-9-32-21)18-6-4-14-2-1-7-26-19(14)11-18;;/h1-7,10-11,20-21,29H,8-9,13,25H2,(H,27,30);2*1H/t20-,21-;;/m1../s1. The van der Waals surface area contributed by atoms with Gasteiger partial charge >= 0.3 is 0 Å². The lowest BCUT2D eigenvalue weighted by Crippen LogP contribution is -2.55. The number of benzene rings is 2. The Kier molecular flexibility index (Phi) is 9.32. The number of nitriles is 1. The second-order valence-corrected chi connectivity index (χ2v) is 7.28. The van der Waals surface area contributed by atoms with E-state index < -0.39 is 24.0 Å². The fraction of sp³-hybridized carbons (Fsp3) is 0.217. The van der Waals surface area contributed by atoms with Crippen LogP contribution in [0.2, 0.25) is 0 Å². The van der Waals surface area contributed by atoms with Crippen molar-refractivity contribution in [2.75, 3.05) is 23.4 Å². The van der Waals surface area contributed by atoms with Gasteiger partial charge in [0.05, 0.1) is 23.8 Å². The van der Waals surface area contributed by atoms with Gasteiger partial charge in [0.15, 0.2) is 12.2 Å². The summed E-state index contributed by atoms with van der Waals surface area (Å²) >= 11 is 0. The van der Waals surface area contributed by atoms with Gasteiger partial charge in [-0.2, -0.15) is 5.26 Å². The number of aliphatic hydroxyl groups is 1. The van der Waals surface area contributed by atoms with Crippen molar-refractivity contribution in [1.82, 2.24) is 4.98 Å². The zero-order valence-corrected chi connectivity index (χ0v) is 19.5. The molecular formula is C23H23Cl2N5O4. The van der Waals surface area contributed by atoms with Crippen LogP contribution in [0.25, 0.3) is 10.9 Å². The summed E-state index contributed by atoms with van der Waals surface area (Å²) in [6.45, 7) is 0.571. The van der Waals surface area contributed by atoms with Gasteiger partial charge in [0.25, 0.3) is 11.8 Å². The van der Waals surface area contributed by atoms with Gasteiger partial charge < -0.3 is 25.8 Å². The molecule has 3 aromatic rings. The van der Waals surface area contributed by atoms with Crippen molar-refractivity contribution in [2.45, 2.75) is 18.8 Å². The van der Waals surface area contributed by atoms with E-state index in [1.807, 2.05) is 24.3 Å². The maximum absolute atomic E-state index is 13.0. The van der Waals surface area contributed by atoms with Gasteiger partial charge in [-0.3, -0.25) is 14.6 Å². The summed E-state index contributed by atoms with van der Waals surface area (Å²) in [7, 11) is 0. The first kappa shape index (κ1) is 27.0. The van der Waals surface area contributed by atoms with Crippen molar-refractivity contribution in [1.29, 1.82) is 5.26 Å². The molecule has 11 heteroatoms. The number of nitrogens with two attached hydrogens (primary N) is 1. The second kappa shape index (κ2) is 11.7. The number of halogens is 2. The van der Waals surface area contributed by atoms with Gasteiger partial charge in [-0.15, -0.1) is 24.8 Å². The highest BCUT2D eigenvalue weighted by Crippen LogP contribution is 2.24. The number of nitrogens with one attached hydrogen (secondary N) is 1. The largest absolute Gasteiger partial charge is 0.380 e.